The lowest BCUT2D eigenvalue weighted by Crippen LogP contribution is -2.30. The van der Waals surface area contributed by atoms with Crippen LogP contribution in [-0.4, -0.2) is 34.3 Å². The molecule has 0 bridgehead atoms. The number of carbonyl (C=O) groups is 1. The summed E-state index contributed by atoms with van der Waals surface area (Å²) in [5.74, 6) is 1.30. The number of pyridine rings is 1. The van der Waals surface area contributed by atoms with Crippen molar-refractivity contribution < 1.29 is 14.3 Å². The van der Waals surface area contributed by atoms with Gasteiger partial charge in [0.1, 0.15) is 17.5 Å². The monoisotopic (exact) mass is 541 g/mol. The highest BCUT2D eigenvalue weighted by Crippen LogP contribution is 2.44. The van der Waals surface area contributed by atoms with E-state index in [1.165, 1.54) is 0 Å². The number of rotatable bonds is 9. The molecule has 2 aromatic heterocycles. The van der Waals surface area contributed by atoms with Gasteiger partial charge in [-0.2, -0.15) is 0 Å². The smallest absolute Gasteiger partial charge is 0.224 e. The molecule has 4 aromatic rings. The van der Waals surface area contributed by atoms with Crippen molar-refractivity contribution in [3.63, 3.8) is 0 Å². The first-order chi connectivity index (χ1) is 19.0. The van der Waals surface area contributed by atoms with Crippen molar-refractivity contribution in [3.05, 3.63) is 96.6 Å². The molecule has 0 radical (unpaired) electrons. The topological polar surface area (TPSA) is 80.7 Å². The van der Waals surface area contributed by atoms with Gasteiger partial charge in [-0.25, -0.2) is 0 Å². The Balaban J connectivity index is 1.60. The summed E-state index contributed by atoms with van der Waals surface area (Å²) in [5.41, 5.74) is 4.37. The van der Waals surface area contributed by atoms with Gasteiger partial charge in [-0.15, -0.1) is 0 Å². The van der Waals surface area contributed by atoms with Crippen LogP contribution < -0.4 is 25.0 Å². The zero-order chi connectivity index (χ0) is 27.4. The number of nitrogens with zero attached hydrogens (tertiary/aromatic N) is 3. The highest BCUT2D eigenvalue weighted by molar-refractivity contribution is 7.80. The van der Waals surface area contributed by atoms with Crippen LogP contribution in [0.2, 0.25) is 0 Å². The summed E-state index contributed by atoms with van der Waals surface area (Å²) >= 11 is 5.91. The summed E-state index contributed by atoms with van der Waals surface area (Å²) in [4.78, 5) is 18.8. The molecule has 3 heterocycles. The first-order valence-electron chi connectivity index (χ1n) is 12.9. The molecule has 0 saturated carbocycles. The van der Waals surface area contributed by atoms with E-state index in [0.29, 0.717) is 29.6 Å². The van der Waals surface area contributed by atoms with Crippen LogP contribution in [0, 0.1) is 0 Å². The quantitative estimate of drug-likeness (QED) is 0.259. The Morgan fingerprint density at radius 3 is 2.54 bits per heavy atom. The Labute approximate surface area is 233 Å². The second kappa shape index (κ2) is 11.6. The van der Waals surface area contributed by atoms with Crippen LogP contribution >= 0.6 is 12.2 Å². The molecule has 1 aliphatic heterocycles. The molecule has 2 aromatic carbocycles. The van der Waals surface area contributed by atoms with Crippen molar-refractivity contribution in [1.29, 1.82) is 0 Å². The second-order valence-corrected chi connectivity index (χ2v) is 9.40. The lowest BCUT2D eigenvalue weighted by atomic mass is 10.0. The standard InChI is InChI=1S/C30H31N5O3S/c1-4-27(36)32-23-16-13-21(19-26(23)37-3)35-29(28(33-30(35)39)24-9-6-7-17-31-24)25-10-8-18-34(25)20-11-14-22(15-12-20)38-5-2/h6-19,28-29H,4-5H2,1-3H3,(H,32,36)(H,33,39)/t28-,29-/m0/s1. The molecule has 5 rings (SSSR count). The number of hydrogen-bond acceptors (Lipinski definition) is 5. The fraction of sp³-hybridized carbons (Fsp3) is 0.233. The molecule has 0 aliphatic carbocycles. The average molecular weight is 542 g/mol. The Morgan fingerprint density at radius 2 is 1.85 bits per heavy atom. The highest BCUT2D eigenvalue weighted by Gasteiger charge is 2.42. The van der Waals surface area contributed by atoms with Crippen LogP contribution in [0.25, 0.3) is 5.69 Å². The molecule has 200 valence electrons. The molecule has 0 unspecified atom stereocenters. The molecule has 1 aliphatic rings. The number of hydrogen-bond donors (Lipinski definition) is 2. The SMILES string of the molecule is CCOc1ccc(-n2cccc2[C@H]2[C@H](c3ccccn3)NC(=S)N2c2ccc(NC(=O)CC)c(OC)c2)cc1. The first kappa shape index (κ1) is 26.2. The molecular weight excluding hydrogens is 510 g/mol. The predicted molar refractivity (Wildman–Crippen MR) is 157 cm³/mol. The summed E-state index contributed by atoms with van der Waals surface area (Å²) in [6.07, 6.45) is 4.21. The van der Waals surface area contributed by atoms with E-state index < -0.39 is 0 Å². The van der Waals surface area contributed by atoms with E-state index in [1.54, 1.807) is 13.3 Å². The van der Waals surface area contributed by atoms with Gasteiger partial charge in [0, 0.05) is 41.9 Å². The van der Waals surface area contributed by atoms with Crippen molar-refractivity contribution in [2.75, 3.05) is 23.9 Å². The third-order valence-electron chi connectivity index (χ3n) is 6.67. The number of nitrogens with one attached hydrogen (secondary N) is 2. The van der Waals surface area contributed by atoms with Crippen LogP contribution in [-0.2, 0) is 4.79 Å². The summed E-state index contributed by atoms with van der Waals surface area (Å²) in [5, 5.41) is 6.98. The number of aromatic nitrogens is 2. The van der Waals surface area contributed by atoms with E-state index in [4.69, 9.17) is 21.7 Å². The Kier molecular flexibility index (Phi) is 7.79. The summed E-state index contributed by atoms with van der Waals surface area (Å²) < 4.78 is 13.5. The minimum Gasteiger partial charge on any atom is -0.494 e. The normalized spacial score (nSPS) is 16.6. The van der Waals surface area contributed by atoms with Crippen molar-refractivity contribution in [1.82, 2.24) is 14.9 Å². The lowest BCUT2D eigenvalue weighted by molar-refractivity contribution is -0.115. The molecule has 9 heteroatoms. The zero-order valence-electron chi connectivity index (χ0n) is 22.1. The molecule has 0 spiro atoms. The van der Waals surface area contributed by atoms with E-state index in [2.05, 4.69) is 31.2 Å². The second-order valence-electron chi connectivity index (χ2n) is 9.01. The fourth-order valence-corrected chi connectivity index (χ4v) is 5.19. The maximum atomic E-state index is 12.1. The maximum Gasteiger partial charge on any atom is 0.224 e. The molecule has 2 atom stereocenters. The Hall–Kier alpha value is -4.37. The van der Waals surface area contributed by atoms with E-state index >= 15 is 0 Å². The molecule has 1 amide bonds. The van der Waals surface area contributed by atoms with Crippen LogP contribution in [0.1, 0.15) is 43.7 Å². The third-order valence-corrected chi connectivity index (χ3v) is 6.98. The molecule has 8 nitrogen and oxygen atoms in total. The first-order valence-corrected chi connectivity index (χ1v) is 13.3. The summed E-state index contributed by atoms with van der Waals surface area (Å²) in [7, 11) is 1.59. The van der Waals surface area contributed by atoms with Gasteiger partial charge in [0.15, 0.2) is 5.11 Å². The van der Waals surface area contributed by atoms with Gasteiger partial charge in [-0.1, -0.05) is 13.0 Å². The van der Waals surface area contributed by atoms with Gasteiger partial charge in [0.2, 0.25) is 5.91 Å². The highest BCUT2D eigenvalue weighted by atomic mass is 32.1. The van der Waals surface area contributed by atoms with Crippen molar-refractivity contribution in [3.8, 4) is 17.2 Å². The Bertz CT molecular complexity index is 1460. The molecule has 2 N–H and O–H groups in total. The van der Waals surface area contributed by atoms with E-state index in [9.17, 15) is 4.79 Å². The maximum absolute atomic E-state index is 12.1. The molecule has 39 heavy (non-hydrogen) atoms. The van der Waals surface area contributed by atoms with Gasteiger partial charge < -0.3 is 29.6 Å². The number of carbonyl (C=O) groups excluding carboxylic acids is 1. The number of methoxy groups -OCH3 is 1. The predicted octanol–water partition coefficient (Wildman–Crippen LogP) is 5.81. The van der Waals surface area contributed by atoms with Crippen LogP contribution in [0.4, 0.5) is 11.4 Å². The van der Waals surface area contributed by atoms with Crippen LogP contribution in [0.5, 0.6) is 11.5 Å². The van der Waals surface area contributed by atoms with E-state index in [-0.39, 0.29) is 18.0 Å². The van der Waals surface area contributed by atoms with Crippen LogP contribution in [0.15, 0.2) is 85.2 Å². The van der Waals surface area contributed by atoms with E-state index in [0.717, 1.165) is 28.5 Å². The average Bonchev–Trinajstić information content (AvgIpc) is 3.58. The van der Waals surface area contributed by atoms with Gasteiger partial charge in [0.05, 0.1) is 31.1 Å². The van der Waals surface area contributed by atoms with Gasteiger partial charge in [0.25, 0.3) is 0 Å². The fourth-order valence-electron chi connectivity index (χ4n) is 4.84. The zero-order valence-corrected chi connectivity index (χ0v) is 22.9. The molecule has 1 saturated heterocycles. The van der Waals surface area contributed by atoms with Gasteiger partial charge >= 0.3 is 0 Å². The van der Waals surface area contributed by atoms with Crippen molar-refractivity contribution in [2.45, 2.75) is 32.4 Å². The lowest BCUT2D eigenvalue weighted by Gasteiger charge is -2.29. The van der Waals surface area contributed by atoms with Crippen molar-refractivity contribution >= 4 is 34.6 Å². The number of thiocarbonyl (C=S) groups is 1. The summed E-state index contributed by atoms with van der Waals surface area (Å²) in [6, 6.07) is 23.3. The number of anilines is 2. The largest absolute Gasteiger partial charge is 0.494 e. The van der Waals surface area contributed by atoms with Crippen molar-refractivity contribution in [2.24, 2.45) is 0 Å². The van der Waals surface area contributed by atoms with Gasteiger partial charge in [-0.05, 0) is 79.8 Å². The van der Waals surface area contributed by atoms with Crippen LogP contribution in [0.3, 0.4) is 0 Å². The number of benzene rings is 2. The van der Waals surface area contributed by atoms with Gasteiger partial charge in [-0.3, -0.25) is 9.78 Å². The van der Waals surface area contributed by atoms with E-state index in [1.807, 2.05) is 86.8 Å². The number of amides is 1. The minimum atomic E-state index is -0.227. The Morgan fingerprint density at radius 1 is 1.05 bits per heavy atom. The minimum absolute atomic E-state index is 0.0827. The molecule has 1 fully saturated rings. The third kappa shape index (κ3) is 5.31. The number of ether oxygens (including phenoxy) is 2. The summed E-state index contributed by atoms with van der Waals surface area (Å²) in [6.45, 7) is 4.40. The molecular formula is C30H31N5O3S.